The Hall–Kier alpha value is -1.86. The predicted molar refractivity (Wildman–Crippen MR) is 81.6 cm³/mol. The van der Waals surface area contributed by atoms with Gasteiger partial charge >= 0.3 is 6.55 Å². The highest BCUT2D eigenvalue weighted by atomic mass is 35.5. The molecule has 4 nitrogen and oxygen atoms in total. The van der Waals surface area contributed by atoms with Crippen LogP contribution in [0.5, 0.6) is 0 Å². The van der Waals surface area contributed by atoms with Crippen molar-refractivity contribution < 1.29 is 8.78 Å². The molecule has 0 bridgehead atoms. The van der Waals surface area contributed by atoms with Gasteiger partial charge in [-0.15, -0.1) is 0 Å². The molecule has 0 aliphatic heterocycles. The summed E-state index contributed by atoms with van der Waals surface area (Å²) in [5.74, 6) is 0.607. The number of benzene rings is 1. The molecule has 0 aliphatic carbocycles. The summed E-state index contributed by atoms with van der Waals surface area (Å²) in [5, 5.41) is 1.31. The molecule has 22 heavy (non-hydrogen) atoms. The van der Waals surface area contributed by atoms with Crippen LogP contribution in [-0.4, -0.2) is 19.1 Å². The van der Waals surface area contributed by atoms with Gasteiger partial charge in [0.25, 0.3) is 0 Å². The molecule has 0 spiro atoms. The highest BCUT2D eigenvalue weighted by molar-refractivity contribution is 7.98. The average Bonchev–Trinajstić information content (AvgIpc) is 3.14. The molecule has 2 aromatic heterocycles. The van der Waals surface area contributed by atoms with Crippen molar-refractivity contribution >= 4 is 23.4 Å². The quantitative estimate of drug-likeness (QED) is 0.645. The van der Waals surface area contributed by atoms with Crippen molar-refractivity contribution in [1.82, 2.24) is 19.1 Å². The largest absolute Gasteiger partial charge is 0.319 e. The summed E-state index contributed by atoms with van der Waals surface area (Å²) in [6, 6.07) is 7.34. The Morgan fingerprint density at radius 3 is 2.77 bits per heavy atom. The number of rotatable bonds is 5. The van der Waals surface area contributed by atoms with E-state index in [2.05, 4.69) is 9.97 Å². The highest BCUT2D eigenvalue weighted by Crippen LogP contribution is 2.26. The molecule has 0 unspecified atom stereocenters. The number of hydrogen-bond donors (Lipinski definition) is 0. The summed E-state index contributed by atoms with van der Waals surface area (Å²) in [7, 11) is 0. The van der Waals surface area contributed by atoms with Gasteiger partial charge < -0.3 is 0 Å². The SMILES string of the molecule is FC(F)n1ccnc1CSc1nccn1-c1cccc(Cl)c1. The number of alkyl halides is 2. The van der Waals surface area contributed by atoms with Crippen molar-refractivity contribution in [3.63, 3.8) is 0 Å². The van der Waals surface area contributed by atoms with Gasteiger partial charge in [-0.05, 0) is 18.2 Å². The van der Waals surface area contributed by atoms with Crippen molar-refractivity contribution in [3.8, 4) is 5.69 Å². The van der Waals surface area contributed by atoms with Gasteiger partial charge in [0.05, 0.1) is 5.75 Å². The minimum Gasteiger partial charge on any atom is -0.295 e. The van der Waals surface area contributed by atoms with Crippen molar-refractivity contribution in [1.29, 1.82) is 0 Å². The van der Waals surface area contributed by atoms with Crippen molar-refractivity contribution in [2.75, 3.05) is 0 Å². The summed E-state index contributed by atoms with van der Waals surface area (Å²) in [6.45, 7) is -2.59. The summed E-state index contributed by atoms with van der Waals surface area (Å²) in [4.78, 5) is 8.21. The molecule has 0 fully saturated rings. The first-order chi connectivity index (χ1) is 10.6. The molecular weight excluding hydrogens is 330 g/mol. The molecule has 0 radical (unpaired) electrons. The molecular formula is C14H11ClF2N4S. The number of aromatic nitrogens is 4. The highest BCUT2D eigenvalue weighted by Gasteiger charge is 2.13. The molecule has 8 heteroatoms. The summed E-state index contributed by atoms with van der Waals surface area (Å²) >= 11 is 7.33. The average molecular weight is 341 g/mol. The Morgan fingerprint density at radius 1 is 1.18 bits per heavy atom. The fraction of sp³-hybridized carbons (Fsp3) is 0.143. The van der Waals surface area contributed by atoms with Crippen LogP contribution < -0.4 is 0 Å². The monoisotopic (exact) mass is 340 g/mol. The molecule has 3 rings (SSSR count). The van der Waals surface area contributed by atoms with Crippen LogP contribution in [0.4, 0.5) is 8.78 Å². The van der Waals surface area contributed by atoms with Crippen LogP contribution in [0.2, 0.25) is 5.02 Å². The lowest BCUT2D eigenvalue weighted by Crippen LogP contribution is -2.03. The zero-order valence-electron chi connectivity index (χ0n) is 11.2. The first-order valence-electron chi connectivity index (χ1n) is 6.37. The maximum atomic E-state index is 12.8. The topological polar surface area (TPSA) is 35.6 Å². The molecule has 0 atom stereocenters. The lowest BCUT2D eigenvalue weighted by molar-refractivity contribution is 0.0678. The molecule has 114 valence electrons. The minimum atomic E-state index is -2.59. The van der Waals surface area contributed by atoms with E-state index in [9.17, 15) is 8.78 Å². The zero-order chi connectivity index (χ0) is 15.5. The number of hydrogen-bond acceptors (Lipinski definition) is 3. The Bertz CT molecular complexity index is 772. The minimum absolute atomic E-state index is 0.301. The van der Waals surface area contributed by atoms with E-state index < -0.39 is 6.55 Å². The van der Waals surface area contributed by atoms with Crippen LogP contribution in [-0.2, 0) is 5.75 Å². The van der Waals surface area contributed by atoms with Gasteiger partial charge in [0.1, 0.15) is 5.82 Å². The maximum absolute atomic E-state index is 12.8. The molecule has 0 amide bonds. The summed E-state index contributed by atoms with van der Waals surface area (Å²) < 4.78 is 28.3. The number of thioether (sulfide) groups is 1. The van der Waals surface area contributed by atoms with Gasteiger partial charge in [-0.25, -0.2) is 9.97 Å². The van der Waals surface area contributed by atoms with Crippen LogP contribution in [0, 0.1) is 0 Å². The predicted octanol–water partition coefficient (Wildman–Crippen LogP) is 4.41. The van der Waals surface area contributed by atoms with E-state index in [1.54, 1.807) is 18.5 Å². The lowest BCUT2D eigenvalue weighted by atomic mass is 10.3. The van der Waals surface area contributed by atoms with Gasteiger partial charge in [-0.2, -0.15) is 8.78 Å². The number of nitrogens with zero attached hydrogens (tertiary/aromatic N) is 4. The molecule has 2 heterocycles. The second-order valence-electron chi connectivity index (χ2n) is 4.38. The van der Waals surface area contributed by atoms with Crippen molar-refractivity contribution in [2.45, 2.75) is 17.5 Å². The third-order valence-corrected chi connectivity index (χ3v) is 4.18. The second kappa shape index (κ2) is 6.50. The molecule has 0 saturated carbocycles. The van der Waals surface area contributed by atoms with E-state index in [-0.39, 0.29) is 0 Å². The van der Waals surface area contributed by atoms with E-state index in [1.807, 2.05) is 22.8 Å². The van der Waals surface area contributed by atoms with Crippen LogP contribution in [0.25, 0.3) is 5.69 Å². The summed E-state index contributed by atoms with van der Waals surface area (Å²) in [5.41, 5.74) is 0.865. The molecule has 0 saturated heterocycles. The Morgan fingerprint density at radius 2 is 2.00 bits per heavy atom. The second-order valence-corrected chi connectivity index (χ2v) is 5.76. The first-order valence-corrected chi connectivity index (χ1v) is 7.73. The molecule has 1 aromatic carbocycles. The van der Waals surface area contributed by atoms with Gasteiger partial charge in [-0.3, -0.25) is 9.13 Å². The summed E-state index contributed by atoms with van der Waals surface area (Å²) in [6.07, 6.45) is 6.09. The van der Waals surface area contributed by atoms with E-state index >= 15 is 0 Å². The smallest absolute Gasteiger partial charge is 0.295 e. The van der Waals surface area contributed by atoms with Crippen LogP contribution in [0.3, 0.4) is 0 Å². The van der Waals surface area contributed by atoms with Gasteiger partial charge in [0.15, 0.2) is 5.16 Å². The zero-order valence-corrected chi connectivity index (χ0v) is 12.8. The van der Waals surface area contributed by atoms with E-state index in [0.717, 1.165) is 10.3 Å². The fourth-order valence-electron chi connectivity index (χ4n) is 1.98. The fourth-order valence-corrected chi connectivity index (χ4v) is 3.09. The molecule has 3 aromatic rings. The van der Waals surface area contributed by atoms with Crippen LogP contribution in [0.15, 0.2) is 54.2 Å². The normalized spacial score (nSPS) is 11.3. The van der Waals surface area contributed by atoms with E-state index in [1.165, 1.54) is 24.2 Å². The van der Waals surface area contributed by atoms with Gasteiger partial charge in [0.2, 0.25) is 0 Å². The van der Waals surface area contributed by atoms with Gasteiger partial charge in [0, 0.05) is 35.5 Å². The Balaban J connectivity index is 1.80. The van der Waals surface area contributed by atoms with Crippen molar-refractivity contribution in [2.24, 2.45) is 0 Å². The first kappa shape index (κ1) is 15.1. The lowest BCUT2D eigenvalue weighted by Gasteiger charge is -2.09. The Labute approximate surface area is 134 Å². The van der Waals surface area contributed by atoms with E-state index in [0.29, 0.717) is 21.8 Å². The van der Waals surface area contributed by atoms with Crippen molar-refractivity contribution in [3.05, 3.63) is 59.9 Å². The Kier molecular flexibility index (Phi) is 4.44. The number of imidazole rings is 2. The standard InChI is InChI=1S/C14H11ClF2N4S/c15-10-2-1-3-11(8-10)20-6-5-19-14(20)22-9-12-18-4-7-21(12)13(16)17/h1-8,13H,9H2. The maximum Gasteiger partial charge on any atom is 0.319 e. The molecule has 0 aliphatic rings. The number of halogens is 3. The third-order valence-electron chi connectivity index (χ3n) is 2.98. The van der Waals surface area contributed by atoms with Gasteiger partial charge in [-0.1, -0.05) is 29.4 Å². The molecule has 0 N–H and O–H groups in total. The van der Waals surface area contributed by atoms with E-state index in [4.69, 9.17) is 11.6 Å². The van der Waals surface area contributed by atoms with Crippen LogP contribution >= 0.6 is 23.4 Å². The third kappa shape index (κ3) is 3.15. The van der Waals surface area contributed by atoms with Crippen LogP contribution in [0.1, 0.15) is 12.4 Å².